The van der Waals surface area contributed by atoms with Gasteiger partial charge in [-0.2, -0.15) is 0 Å². The van der Waals surface area contributed by atoms with E-state index in [4.69, 9.17) is 37.9 Å². The molecule has 8 nitrogen and oxygen atoms in total. The average molecular weight is 608 g/mol. The van der Waals surface area contributed by atoms with Crippen LogP contribution in [0.25, 0.3) is 0 Å². The van der Waals surface area contributed by atoms with Crippen molar-refractivity contribution in [2.45, 2.75) is 26.4 Å². The van der Waals surface area contributed by atoms with Crippen molar-refractivity contribution in [3.8, 4) is 0 Å². The Morgan fingerprint density at radius 3 is 0.971 bits per heavy atom. The molecule has 0 N–H and O–H groups in total. The van der Waals surface area contributed by atoms with E-state index in [0.29, 0.717) is 26.4 Å². The number of ether oxygens (including phenoxy) is 8. The maximum absolute atomic E-state index is 5.68. The second-order valence-corrected chi connectivity index (χ2v) is 13.0. The Labute approximate surface area is 213 Å². The second-order valence-electron chi connectivity index (χ2n) is 7.00. The van der Waals surface area contributed by atoms with Gasteiger partial charge in [0.15, 0.2) is 0 Å². The van der Waals surface area contributed by atoms with Gasteiger partial charge in [-0.25, -0.2) is 0 Å². The van der Waals surface area contributed by atoms with Gasteiger partial charge >= 0.3 is 214 Å². The van der Waals surface area contributed by atoms with E-state index < -0.39 is 0 Å². The Kier molecular flexibility index (Phi) is 15.9. The van der Waals surface area contributed by atoms with Crippen molar-refractivity contribution >= 4 is 35.2 Å². The molecule has 0 atom stereocenters. The standard InChI is InChI=1S/C24H34O8Se2/c1-25-15-29-11-19-7-5-8-20(12-30-16-26-2)23(19)33-34-24-21(13-31-17-27-3)9-6-10-22(24)14-32-18-28-4/h5-10H,11-18H2,1-4H3. The van der Waals surface area contributed by atoms with E-state index in [1.165, 1.54) is 8.92 Å². The van der Waals surface area contributed by atoms with Crippen LogP contribution in [0.2, 0.25) is 0 Å². The first-order valence-electron chi connectivity index (χ1n) is 10.6. The molecule has 0 amide bonds. The van der Waals surface area contributed by atoms with Crippen molar-refractivity contribution in [3.05, 3.63) is 58.7 Å². The van der Waals surface area contributed by atoms with Crippen LogP contribution in [0.4, 0.5) is 0 Å². The zero-order valence-electron chi connectivity index (χ0n) is 20.2. The molecule has 34 heavy (non-hydrogen) atoms. The summed E-state index contributed by atoms with van der Waals surface area (Å²) in [4.78, 5) is 0. The SMILES string of the molecule is COCOCc1cccc(COCOC)c1[Se][Se]c1c(COCOC)cccc1COCOC. The quantitative estimate of drug-likeness (QED) is 0.135. The Hall–Kier alpha value is -0.841. The van der Waals surface area contributed by atoms with E-state index in [0.717, 1.165) is 22.3 Å². The van der Waals surface area contributed by atoms with Gasteiger partial charge in [0.05, 0.1) is 0 Å². The molecule has 0 aliphatic heterocycles. The summed E-state index contributed by atoms with van der Waals surface area (Å²) in [6.45, 7) is 2.96. The van der Waals surface area contributed by atoms with Crippen LogP contribution in [0.1, 0.15) is 22.3 Å². The molecule has 2 aromatic carbocycles. The number of methoxy groups -OCH3 is 4. The molecule has 0 aromatic heterocycles. The minimum atomic E-state index is 0.166. The Morgan fingerprint density at radius 2 is 0.735 bits per heavy atom. The first-order valence-corrected chi connectivity index (χ1v) is 16.6. The van der Waals surface area contributed by atoms with Crippen LogP contribution in [0.15, 0.2) is 36.4 Å². The van der Waals surface area contributed by atoms with Crippen molar-refractivity contribution in [1.82, 2.24) is 0 Å². The molecule has 0 radical (unpaired) electrons. The molecule has 0 spiro atoms. The Morgan fingerprint density at radius 1 is 0.471 bits per heavy atom. The molecular weight excluding hydrogens is 574 g/mol. The average Bonchev–Trinajstić information content (AvgIpc) is 2.85. The third-order valence-electron chi connectivity index (χ3n) is 4.40. The van der Waals surface area contributed by atoms with Gasteiger partial charge in [0, 0.05) is 0 Å². The zero-order chi connectivity index (χ0) is 24.4. The summed E-state index contributed by atoms with van der Waals surface area (Å²) in [5, 5.41) is 0. The van der Waals surface area contributed by atoms with Gasteiger partial charge in [-0.1, -0.05) is 0 Å². The number of rotatable bonds is 19. The predicted octanol–water partition coefficient (Wildman–Crippen LogP) is 1.44. The van der Waals surface area contributed by atoms with E-state index >= 15 is 0 Å². The van der Waals surface area contributed by atoms with Gasteiger partial charge in [0.2, 0.25) is 0 Å². The normalized spacial score (nSPS) is 11.3. The van der Waals surface area contributed by atoms with Gasteiger partial charge in [0.1, 0.15) is 0 Å². The molecule has 0 fully saturated rings. The van der Waals surface area contributed by atoms with Crippen LogP contribution >= 0.6 is 0 Å². The van der Waals surface area contributed by atoms with Gasteiger partial charge in [-0.15, -0.1) is 0 Å². The zero-order valence-corrected chi connectivity index (χ0v) is 23.6. The summed E-state index contributed by atoms with van der Waals surface area (Å²) in [6, 6.07) is 12.5. The van der Waals surface area contributed by atoms with E-state index in [2.05, 4.69) is 24.3 Å². The third kappa shape index (κ3) is 10.4. The monoisotopic (exact) mass is 610 g/mol. The van der Waals surface area contributed by atoms with Crippen molar-refractivity contribution in [1.29, 1.82) is 0 Å². The fourth-order valence-corrected chi connectivity index (χ4v) is 11.8. The van der Waals surface area contributed by atoms with Crippen LogP contribution in [-0.4, -0.2) is 81.9 Å². The fourth-order valence-electron chi connectivity index (χ4n) is 2.97. The summed E-state index contributed by atoms with van der Waals surface area (Å²) >= 11 is 0.332. The minimum absolute atomic E-state index is 0.166. The van der Waals surface area contributed by atoms with Gasteiger partial charge < -0.3 is 0 Å². The first kappa shape index (κ1) is 29.4. The van der Waals surface area contributed by atoms with Crippen LogP contribution in [0.5, 0.6) is 0 Å². The van der Waals surface area contributed by atoms with Crippen LogP contribution < -0.4 is 8.92 Å². The molecular formula is C24H34O8Se2. The summed E-state index contributed by atoms with van der Waals surface area (Å²) < 4.78 is 45.6. The molecule has 10 heteroatoms. The van der Waals surface area contributed by atoms with E-state index in [-0.39, 0.29) is 53.4 Å². The molecule has 0 unspecified atom stereocenters. The van der Waals surface area contributed by atoms with Crippen molar-refractivity contribution < 1.29 is 37.9 Å². The second kappa shape index (κ2) is 18.4. The van der Waals surface area contributed by atoms with E-state index in [1.54, 1.807) is 28.4 Å². The van der Waals surface area contributed by atoms with E-state index in [1.807, 2.05) is 12.1 Å². The predicted molar refractivity (Wildman–Crippen MR) is 130 cm³/mol. The summed E-state index contributed by atoms with van der Waals surface area (Å²) in [7, 11) is 6.49. The summed E-state index contributed by atoms with van der Waals surface area (Å²) in [5.74, 6) is 0. The number of benzene rings is 2. The molecule has 190 valence electrons. The summed E-state index contributed by atoms with van der Waals surface area (Å²) in [6.07, 6.45) is 0. The first-order chi connectivity index (χ1) is 16.7. The topological polar surface area (TPSA) is 73.8 Å². The van der Waals surface area contributed by atoms with Crippen molar-refractivity contribution in [2.75, 3.05) is 55.6 Å². The fraction of sp³-hybridized carbons (Fsp3) is 0.500. The molecule has 0 aliphatic carbocycles. The van der Waals surface area contributed by atoms with Crippen LogP contribution in [0.3, 0.4) is 0 Å². The van der Waals surface area contributed by atoms with Gasteiger partial charge in [-0.05, 0) is 0 Å². The molecule has 0 saturated carbocycles. The van der Waals surface area contributed by atoms with Crippen molar-refractivity contribution in [2.24, 2.45) is 0 Å². The van der Waals surface area contributed by atoms with Crippen LogP contribution in [-0.2, 0) is 64.3 Å². The van der Waals surface area contributed by atoms with Crippen LogP contribution in [0, 0.1) is 0 Å². The molecule has 0 aliphatic rings. The van der Waals surface area contributed by atoms with Gasteiger partial charge in [0.25, 0.3) is 0 Å². The molecule has 0 bridgehead atoms. The summed E-state index contributed by atoms with van der Waals surface area (Å²) in [5.41, 5.74) is 4.62. The molecule has 0 saturated heterocycles. The number of hydrogen-bond donors (Lipinski definition) is 0. The molecule has 2 rings (SSSR count). The molecule has 2 aromatic rings. The number of hydrogen-bond acceptors (Lipinski definition) is 8. The van der Waals surface area contributed by atoms with Crippen molar-refractivity contribution in [3.63, 3.8) is 0 Å². The van der Waals surface area contributed by atoms with Gasteiger partial charge in [-0.3, -0.25) is 0 Å². The Balaban J connectivity index is 2.28. The third-order valence-corrected chi connectivity index (χ3v) is 12.0. The van der Waals surface area contributed by atoms with E-state index in [9.17, 15) is 0 Å². The Bertz CT molecular complexity index is 698. The maximum atomic E-state index is 5.68. The molecule has 0 heterocycles.